The van der Waals surface area contributed by atoms with Crippen molar-refractivity contribution in [3.63, 3.8) is 0 Å². The van der Waals surface area contributed by atoms with Crippen LogP contribution in [-0.4, -0.2) is 27.9 Å². The second kappa shape index (κ2) is 7.82. The van der Waals surface area contributed by atoms with Gasteiger partial charge in [0, 0.05) is 17.5 Å². The van der Waals surface area contributed by atoms with Gasteiger partial charge in [-0.3, -0.25) is 4.90 Å². The molecule has 0 radical (unpaired) electrons. The standard InChI is InChI=1S/C18H15ClF3N3OS/c1-11-10-25(17(27-11)24-15-8-3-2-7-14(15)19)16(26)23-13-6-4-5-12(9-13)18(20,21)22/h2-9,11H,10H2,1H3,(H,23,26). The number of aliphatic imine (C=N–C) groups is 1. The van der Waals surface area contributed by atoms with E-state index in [9.17, 15) is 18.0 Å². The number of carbonyl (C=O) groups excluding carboxylic acids is 1. The van der Waals surface area contributed by atoms with Gasteiger partial charge in [-0.2, -0.15) is 13.2 Å². The van der Waals surface area contributed by atoms with Gasteiger partial charge in [0.05, 0.1) is 16.3 Å². The molecule has 1 heterocycles. The zero-order valence-corrected chi connectivity index (χ0v) is 15.7. The minimum Gasteiger partial charge on any atom is -0.307 e. The number of hydrogen-bond acceptors (Lipinski definition) is 3. The van der Waals surface area contributed by atoms with Gasteiger partial charge in [-0.1, -0.05) is 48.5 Å². The third-order valence-corrected chi connectivity index (χ3v) is 5.13. The van der Waals surface area contributed by atoms with Crippen molar-refractivity contribution in [3.05, 3.63) is 59.1 Å². The van der Waals surface area contributed by atoms with Gasteiger partial charge in [-0.05, 0) is 30.3 Å². The van der Waals surface area contributed by atoms with Gasteiger partial charge in [0.1, 0.15) is 0 Å². The van der Waals surface area contributed by atoms with Crippen molar-refractivity contribution >= 4 is 45.9 Å². The number of para-hydroxylation sites is 1. The minimum atomic E-state index is -4.48. The average Bonchev–Trinajstić information content (AvgIpc) is 2.97. The summed E-state index contributed by atoms with van der Waals surface area (Å²) in [6.07, 6.45) is -4.48. The largest absolute Gasteiger partial charge is 0.416 e. The van der Waals surface area contributed by atoms with E-state index in [4.69, 9.17) is 11.6 Å². The lowest BCUT2D eigenvalue weighted by molar-refractivity contribution is -0.137. The van der Waals surface area contributed by atoms with E-state index < -0.39 is 17.8 Å². The lowest BCUT2D eigenvalue weighted by Crippen LogP contribution is -2.36. The van der Waals surface area contributed by atoms with Crippen LogP contribution in [0.4, 0.5) is 29.3 Å². The first-order valence-corrected chi connectivity index (χ1v) is 9.25. The fraction of sp³-hybridized carbons (Fsp3) is 0.222. The average molecular weight is 414 g/mol. The highest BCUT2D eigenvalue weighted by molar-refractivity contribution is 8.14. The van der Waals surface area contributed by atoms with Crippen LogP contribution in [-0.2, 0) is 6.18 Å². The van der Waals surface area contributed by atoms with Crippen LogP contribution in [0.3, 0.4) is 0 Å². The Balaban J connectivity index is 1.82. The summed E-state index contributed by atoms with van der Waals surface area (Å²) in [4.78, 5) is 18.5. The van der Waals surface area contributed by atoms with Crippen molar-refractivity contribution < 1.29 is 18.0 Å². The van der Waals surface area contributed by atoms with Gasteiger partial charge >= 0.3 is 12.2 Å². The zero-order valence-electron chi connectivity index (χ0n) is 14.1. The zero-order chi connectivity index (χ0) is 19.6. The molecule has 1 fully saturated rings. The molecule has 0 bridgehead atoms. The molecule has 1 aliphatic rings. The van der Waals surface area contributed by atoms with Crippen molar-refractivity contribution in [3.8, 4) is 0 Å². The number of carbonyl (C=O) groups is 1. The minimum absolute atomic E-state index is 0.0662. The van der Waals surface area contributed by atoms with Crippen LogP contribution in [0.25, 0.3) is 0 Å². The number of alkyl halides is 3. The van der Waals surface area contributed by atoms with Gasteiger partial charge in [-0.25, -0.2) is 9.79 Å². The van der Waals surface area contributed by atoms with Gasteiger partial charge < -0.3 is 5.32 Å². The molecule has 1 N–H and O–H groups in total. The van der Waals surface area contributed by atoms with E-state index >= 15 is 0 Å². The predicted molar refractivity (Wildman–Crippen MR) is 103 cm³/mol. The SMILES string of the molecule is CC1CN(C(=O)Nc2cccc(C(F)(F)F)c2)C(=Nc2ccccc2Cl)S1. The molecule has 1 atom stereocenters. The molecular weight excluding hydrogens is 399 g/mol. The van der Waals surface area contributed by atoms with Crippen molar-refractivity contribution in [1.29, 1.82) is 0 Å². The first kappa shape index (κ1) is 19.6. The number of nitrogens with one attached hydrogen (secondary N) is 1. The highest BCUT2D eigenvalue weighted by atomic mass is 35.5. The number of nitrogens with zero attached hydrogens (tertiary/aromatic N) is 2. The van der Waals surface area contributed by atoms with E-state index in [0.29, 0.717) is 22.4 Å². The molecule has 3 rings (SSSR count). The molecule has 1 saturated heterocycles. The fourth-order valence-corrected chi connectivity index (χ4v) is 3.68. The van der Waals surface area contributed by atoms with E-state index in [1.165, 1.54) is 28.8 Å². The summed E-state index contributed by atoms with van der Waals surface area (Å²) < 4.78 is 38.5. The Labute approximate surface area is 163 Å². The molecule has 2 aromatic carbocycles. The number of urea groups is 1. The third kappa shape index (κ3) is 4.75. The number of amides is 2. The molecule has 0 aliphatic carbocycles. The number of amidine groups is 1. The van der Waals surface area contributed by atoms with E-state index in [0.717, 1.165) is 12.1 Å². The molecule has 2 aromatic rings. The second-order valence-corrected chi connectivity index (χ2v) is 7.71. The topological polar surface area (TPSA) is 44.7 Å². The van der Waals surface area contributed by atoms with E-state index in [1.807, 2.05) is 6.92 Å². The Hall–Kier alpha value is -2.19. The van der Waals surface area contributed by atoms with Gasteiger partial charge in [0.15, 0.2) is 5.17 Å². The Morgan fingerprint density at radius 2 is 2.00 bits per heavy atom. The summed E-state index contributed by atoms with van der Waals surface area (Å²) in [6, 6.07) is 10.9. The summed E-state index contributed by atoms with van der Waals surface area (Å²) >= 11 is 7.51. The van der Waals surface area contributed by atoms with Crippen molar-refractivity contribution in [2.45, 2.75) is 18.3 Å². The third-order valence-electron chi connectivity index (χ3n) is 3.73. The molecule has 0 spiro atoms. The first-order chi connectivity index (χ1) is 12.7. The van der Waals surface area contributed by atoms with Gasteiger partial charge in [0.2, 0.25) is 0 Å². The normalized spacial score (nSPS) is 18.8. The van der Waals surface area contributed by atoms with E-state index in [1.54, 1.807) is 24.3 Å². The summed E-state index contributed by atoms with van der Waals surface area (Å²) in [6.45, 7) is 2.32. The Morgan fingerprint density at radius 1 is 1.26 bits per heavy atom. The van der Waals surface area contributed by atoms with E-state index in [-0.39, 0.29) is 10.9 Å². The maximum atomic E-state index is 12.8. The second-order valence-electron chi connectivity index (χ2n) is 5.89. The van der Waals surface area contributed by atoms with Crippen LogP contribution in [0.5, 0.6) is 0 Å². The lowest BCUT2D eigenvalue weighted by Gasteiger charge is -2.18. The summed E-state index contributed by atoms with van der Waals surface area (Å²) in [7, 11) is 0. The molecule has 1 unspecified atom stereocenters. The van der Waals surface area contributed by atoms with Crippen molar-refractivity contribution in [2.24, 2.45) is 4.99 Å². The van der Waals surface area contributed by atoms with E-state index in [2.05, 4.69) is 10.3 Å². The number of halogens is 4. The quantitative estimate of drug-likeness (QED) is 0.654. The molecule has 142 valence electrons. The first-order valence-electron chi connectivity index (χ1n) is 7.99. The summed E-state index contributed by atoms with van der Waals surface area (Å²) in [5.74, 6) is 0. The molecule has 1 aliphatic heterocycles. The highest BCUT2D eigenvalue weighted by Gasteiger charge is 2.33. The van der Waals surface area contributed by atoms with Crippen LogP contribution >= 0.6 is 23.4 Å². The molecule has 2 amide bonds. The summed E-state index contributed by atoms with van der Waals surface area (Å²) in [5, 5.41) is 3.50. The molecule has 27 heavy (non-hydrogen) atoms. The lowest BCUT2D eigenvalue weighted by atomic mass is 10.2. The molecular formula is C18H15ClF3N3OS. The van der Waals surface area contributed by atoms with Crippen LogP contribution in [0.15, 0.2) is 53.5 Å². The Bertz CT molecular complexity index is 888. The number of hydrogen-bond donors (Lipinski definition) is 1. The Morgan fingerprint density at radius 3 is 2.70 bits per heavy atom. The highest BCUT2D eigenvalue weighted by Crippen LogP contribution is 2.33. The molecule has 0 saturated carbocycles. The van der Waals surface area contributed by atoms with Crippen molar-refractivity contribution in [1.82, 2.24) is 4.90 Å². The summed E-state index contributed by atoms with van der Waals surface area (Å²) in [5.41, 5.74) is -0.237. The molecule has 9 heteroatoms. The number of anilines is 1. The maximum absolute atomic E-state index is 12.8. The molecule has 4 nitrogen and oxygen atoms in total. The number of thioether (sulfide) groups is 1. The monoisotopic (exact) mass is 413 g/mol. The van der Waals surface area contributed by atoms with Crippen LogP contribution < -0.4 is 5.32 Å². The van der Waals surface area contributed by atoms with Crippen LogP contribution in [0, 0.1) is 0 Å². The smallest absolute Gasteiger partial charge is 0.307 e. The molecule has 0 aromatic heterocycles. The fourth-order valence-electron chi connectivity index (χ4n) is 2.48. The number of benzene rings is 2. The van der Waals surface area contributed by atoms with Gasteiger partial charge in [0.25, 0.3) is 0 Å². The van der Waals surface area contributed by atoms with Crippen LogP contribution in [0.2, 0.25) is 5.02 Å². The Kier molecular flexibility index (Phi) is 5.67. The maximum Gasteiger partial charge on any atom is 0.416 e. The van der Waals surface area contributed by atoms with Crippen LogP contribution in [0.1, 0.15) is 12.5 Å². The predicted octanol–water partition coefficient (Wildman–Crippen LogP) is 6.02. The van der Waals surface area contributed by atoms with Gasteiger partial charge in [-0.15, -0.1) is 0 Å². The van der Waals surface area contributed by atoms with Crippen molar-refractivity contribution in [2.75, 3.05) is 11.9 Å². The number of rotatable bonds is 2.